The predicted molar refractivity (Wildman–Crippen MR) is 120 cm³/mol. The van der Waals surface area contributed by atoms with Gasteiger partial charge in [-0.15, -0.1) is 0 Å². The monoisotopic (exact) mass is 445 g/mol. The largest absolute Gasteiger partial charge is 0.483 e. The molecule has 0 aliphatic rings. The van der Waals surface area contributed by atoms with E-state index in [0.29, 0.717) is 5.75 Å². The van der Waals surface area contributed by atoms with Gasteiger partial charge in [0, 0.05) is 0 Å². The molecule has 0 aliphatic carbocycles. The second-order valence-corrected chi connectivity index (χ2v) is 10.2. The SMILES string of the molecule is CC(NC(=O)COc1ccc(C(C)(C)C)cc1Br)c1ccc(C(C)(C)C)cc1. The summed E-state index contributed by atoms with van der Waals surface area (Å²) in [6.07, 6.45) is 0. The Hall–Kier alpha value is -1.81. The topological polar surface area (TPSA) is 38.3 Å². The van der Waals surface area contributed by atoms with Gasteiger partial charge in [0.2, 0.25) is 0 Å². The van der Waals surface area contributed by atoms with Crippen LogP contribution in [0, 0.1) is 0 Å². The fourth-order valence-corrected chi connectivity index (χ4v) is 3.36. The minimum absolute atomic E-state index is 0.0160. The van der Waals surface area contributed by atoms with Crippen LogP contribution in [0.5, 0.6) is 5.75 Å². The molecule has 152 valence electrons. The van der Waals surface area contributed by atoms with Crippen molar-refractivity contribution in [1.82, 2.24) is 5.32 Å². The molecule has 4 heteroatoms. The molecular weight excluding hydrogens is 414 g/mol. The number of carbonyl (C=O) groups is 1. The molecule has 1 amide bonds. The zero-order valence-electron chi connectivity index (χ0n) is 18.0. The molecule has 2 aromatic carbocycles. The van der Waals surface area contributed by atoms with Crippen LogP contribution in [0.1, 0.15) is 71.2 Å². The molecule has 0 bridgehead atoms. The van der Waals surface area contributed by atoms with E-state index in [9.17, 15) is 4.79 Å². The van der Waals surface area contributed by atoms with E-state index in [1.807, 2.05) is 25.1 Å². The molecule has 0 saturated carbocycles. The van der Waals surface area contributed by atoms with Crippen LogP contribution in [0.3, 0.4) is 0 Å². The van der Waals surface area contributed by atoms with E-state index in [4.69, 9.17) is 4.74 Å². The van der Waals surface area contributed by atoms with E-state index in [2.05, 4.69) is 87.1 Å². The third-order valence-corrected chi connectivity index (χ3v) is 5.43. The van der Waals surface area contributed by atoms with Crippen molar-refractivity contribution in [3.05, 3.63) is 63.6 Å². The van der Waals surface area contributed by atoms with Gasteiger partial charge in [0.05, 0.1) is 10.5 Å². The average molecular weight is 446 g/mol. The normalized spacial score (nSPS) is 13.1. The van der Waals surface area contributed by atoms with Crippen LogP contribution in [-0.4, -0.2) is 12.5 Å². The van der Waals surface area contributed by atoms with Crippen LogP contribution < -0.4 is 10.1 Å². The number of benzene rings is 2. The summed E-state index contributed by atoms with van der Waals surface area (Å²) < 4.78 is 6.57. The van der Waals surface area contributed by atoms with E-state index in [-0.39, 0.29) is 29.4 Å². The summed E-state index contributed by atoms with van der Waals surface area (Å²) in [5.41, 5.74) is 3.76. The van der Waals surface area contributed by atoms with Gasteiger partial charge < -0.3 is 10.1 Å². The Morgan fingerprint density at radius 1 is 0.964 bits per heavy atom. The maximum Gasteiger partial charge on any atom is 0.258 e. The van der Waals surface area contributed by atoms with Crippen LogP contribution in [0.2, 0.25) is 0 Å². The molecular formula is C24H32BrNO2. The summed E-state index contributed by atoms with van der Waals surface area (Å²) in [6, 6.07) is 14.3. The number of nitrogens with one attached hydrogen (secondary N) is 1. The molecule has 1 unspecified atom stereocenters. The Labute approximate surface area is 178 Å². The molecule has 1 N–H and O–H groups in total. The van der Waals surface area contributed by atoms with Gasteiger partial charge in [-0.3, -0.25) is 4.79 Å². The molecule has 0 aliphatic heterocycles. The van der Waals surface area contributed by atoms with Crippen molar-refractivity contribution >= 4 is 21.8 Å². The Bertz CT molecular complexity index is 814. The first-order valence-electron chi connectivity index (χ1n) is 9.70. The van der Waals surface area contributed by atoms with Crippen LogP contribution in [-0.2, 0) is 15.6 Å². The number of halogens is 1. The summed E-state index contributed by atoms with van der Waals surface area (Å²) in [5.74, 6) is 0.532. The van der Waals surface area contributed by atoms with E-state index in [1.165, 1.54) is 11.1 Å². The fourth-order valence-electron chi connectivity index (χ4n) is 2.87. The van der Waals surface area contributed by atoms with E-state index in [1.54, 1.807) is 0 Å². The molecule has 0 saturated heterocycles. The van der Waals surface area contributed by atoms with Crippen molar-refractivity contribution in [3.8, 4) is 5.75 Å². The first kappa shape index (κ1) is 22.5. The lowest BCUT2D eigenvalue weighted by Gasteiger charge is -2.21. The zero-order chi connectivity index (χ0) is 21.1. The van der Waals surface area contributed by atoms with Crippen molar-refractivity contribution in [2.75, 3.05) is 6.61 Å². The van der Waals surface area contributed by atoms with Crippen LogP contribution in [0.25, 0.3) is 0 Å². The van der Waals surface area contributed by atoms with Gasteiger partial charge in [-0.05, 0) is 62.5 Å². The van der Waals surface area contributed by atoms with Gasteiger partial charge >= 0.3 is 0 Å². The van der Waals surface area contributed by atoms with E-state index >= 15 is 0 Å². The van der Waals surface area contributed by atoms with Crippen molar-refractivity contribution in [2.24, 2.45) is 0 Å². The van der Waals surface area contributed by atoms with Gasteiger partial charge in [-0.2, -0.15) is 0 Å². The molecule has 28 heavy (non-hydrogen) atoms. The standard InChI is InChI=1S/C24H32BrNO2/c1-16(17-8-10-18(11-9-17)23(2,3)4)26-22(27)15-28-21-13-12-19(14-20(21)25)24(5,6)7/h8-14,16H,15H2,1-7H3,(H,26,27). The number of rotatable bonds is 5. The number of ether oxygens (including phenoxy) is 1. The molecule has 0 aromatic heterocycles. The Kier molecular flexibility index (Phi) is 6.97. The van der Waals surface area contributed by atoms with Gasteiger partial charge in [-0.1, -0.05) is 71.9 Å². The molecule has 0 heterocycles. The minimum atomic E-state index is -0.140. The lowest BCUT2D eigenvalue weighted by molar-refractivity contribution is -0.123. The highest BCUT2D eigenvalue weighted by Crippen LogP contribution is 2.31. The molecule has 3 nitrogen and oxygen atoms in total. The van der Waals surface area contributed by atoms with E-state index < -0.39 is 0 Å². The second kappa shape index (κ2) is 8.69. The molecule has 2 rings (SSSR count). The van der Waals surface area contributed by atoms with E-state index in [0.717, 1.165) is 10.0 Å². The Balaban J connectivity index is 1.93. The van der Waals surface area contributed by atoms with Crippen molar-refractivity contribution < 1.29 is 9.53 Å². The molecule has 1 atom stereocenters. The summed E-state index contributed by atoms with van der Waals surface area (Å²) >= 11 is 3.54. The van der Waals surface area contributed by atoms with Crippen molar-refractivity contribution in [3.63, 3.8) is 0 Å². The minimum Gasteiger partial charge on any atom is -0.483 e. The van der Waals surface area contributed by atoms with Crippen LogP contribution in [0.4, 0.5) is 0 Å². The highest BCUT2D eigenvalue weighted by molar-refractivity contribution is 9.10. The molecule has 0 spiro atoms. The molecule has 0 fully saturated rings. The predicted octanol–water partition coefficient (Wildman–Crippen LogP) is 6.30. The number of amides is 1. The number of hydrogen-bond acceptors (Lipinski definition) is 2. The lowest BCUT2D eigenvalue weighted by atomic mass is 9.86. The summed E-state index contributed by atoms with van der Waals surface area (Å²) in [5, 5.41) is 3.00. The number of hydrogen-bond donors (Lipinski definition) is 1. The summed E-state index contributed by atoms with van der Waals surface area (Å²) in [7, 11) is 0. The zero-order valence-corrected chi connectivity index (χ0v) is 19.6. The highest BCUT2D eigenvalue weighted by atomic mass is 79.9. The molecule has 0 radical (unpaired) electrons. The molecule has 2 aromatic rings. The van der Waals surface area contributed by atoms with Gasteiger partial charge in [0.15, 0.2) is 6.61 Å². The lowest BCUT2D eigenvalue weighted by Crippen LogP contribution is -2.31. The quantitative estimate of drug-likeness (QED) is 0.585. The first-order chi connectivity index (χ1) is 12.9. The summed E-state index contributed by atoms with van der Waals surface area (Å²) in [4.78, 5) is 12.3. The second-order valence-electron chi connectivity index (χ2n) is 9.35. The number of carbonyl (C=O) groups excluding carboxylic acids is 1. The van der Waals surface area contributed by atoms with Gasteiger partial charge in [0.25, 0.3) is 5.91 Å². The van der Waals surface area contributed by atoms with Crippen molar-refractivity contribution in [1.29, 1.82) is 0 Å². The van der Waals surface area contributed by atoms with Crippen molar-refractivity contribution in [2.45, 2.75) is 65.3 Å². The average Bonchev–Trinajstić information content (AvgIpc) is 2.59. The Morgan fingerprint density at radius 3 is 2.00 bits per heavy atom. The highest BCUT2D eigenvalue weighted by Gasteiger charge is 2.17. The maximum atomic E-state index is 12.3. The first-order valence-corrected chi connectivity index (χ1v) is 10.5. The van der Waals surface area contributed by atoms with Crippen LogP contribution >= 0.6 is 15.9 Å². The summed E-state index contributed by atoms with van der Waals surface area (Å²) in [6.45, 7) is 15.0. The smallest absolute Gasteiger partial charge is 0.258 e. The Morgan fingerprint density at radius 2 is 1.50 bits per heavy atom. The maximum absolute atomic E-state index is 12.3. The fraction of sp³-hybridized carbons (Fsp3) is 0.458. The third kappa shape index (κ3) is 6.10. The van der Waals surface area contributed by atoms with Crippen LogP contribution in [0.15, 0.2) is 46.9 Å². The van der Waals surface area contributed by atoms with Gasteiger partial charge in [0.1, 0.15) is 5.75 Å². The van der Waals surface area contributed by atoms with Gasteiger partial charge in [-0.25, -0.2) is 0 Å². The third-order valence-electron chi connectivity index (χ3n) is 4.81.